The third kappa shape index (κ3) is 2.75. The van der Waals surface area contributed by atoms with Gasteiger partial charge in [0.05, 0.1) is 33.1 Å². The van der Waals surface area contributed by atoms with Gasteiger partial charge in [0.25, 0.3) is 0 Å². The third-order valence-electron chi connectivity index (χ3n) is 2.58. The lowest BCUT2D eigenvalue weighted by Crippen LogP contribution is -2.19. The van der Waals surface area contributed by atoms with E-state index < -0.39 is 0 Å². The van der Waals surface area contributed by atoms with Gasteiger partial charge in [-0.15, -0.1) is 11.3 Å². The van der Waals surface area contributed by atoms with E-state index in [2.05, 4.69) is 38.3 Å². The summed E-state index contributed by atoms with van der Waals surface area (Å²) in [5, 5.41) is 7.42. The summed E-state index contributed by atoms with van der Waals surface area (Å²) in [5.74, 6) is 0. The highest BCUT2D eigenvalue weighted by Crippen LogP contribution is 2.24. The van der Waals surface area contributed by atoms with E-state index in [9.17, 15) is 0 Å². The second-order valence-corrected chi connectivity index (χ2v) is 5.78. The average molecular weight is 315 g/mol. The predicted octanol–water partition coefficient (Wildman–Crippen LogP) is 2.67. The van der Waals surface area contributed by atoms with Crippen LogP contribution < -0.4 is 5.73 Å². The second-order valence-electron chi connectivity index (χ2n) is 3.86. The number of hydrogen-bond donors (Lipinski definition) is 1. The summed E-state index contributed by atoms with van der Waals surface area (Å²) in [5.41, 5.74) is 8.32. The molecule has 0 fully saturated rings. The molecule has 2 N–H and O–H groups in total. The van der Waals surface area contributed by atoms with Crippen LogP contribution in [0.2, 0.25) is 0 Å². The van der Waals surface area contributed by atoms with E-state index in [0.717, 1.165) is 33.8 Å². The van der Waals surface area contributed by atoms with Crippen molar-refractivity contribution in [2.75, 3.05) is 0 Å². The lowest BCUT2D eigenvalue weighted by atomic mass is 10.1. The zero-order valence-corrected chi connectivity index (χ0v) is 12.3. The van der Waals surface area contributed by atoms with E-state index in [1.807, 2.05) is 11.6 Å². The number of halogens is 1. The van der Waals surface area contributed by atoms with Gasteiger partial charge in [0.2, 0.25) is 0 Å². The van der Waals surface area contributed by atoms with Crippen molar-refractivity contribution in [2.45, 2.75) is 32.9 Å². The Bertz CT molecular complexity index is 505. The smallest absolute Gasteiger partial charge is 0.0897 e. The molecule has 0 spiro atoms. The Hall–Kier alpha value is -0.720. The monoisotopic (exact) mass is 314 g/mol. The molecule has 2 aromatic rings. The molecule has 0 radical (unpaired) electrons. The Labute approximate surface area is 113 Å². The molecule has 0 aliphatic carbocycles. The molecule has 4 nitrogen and oxygen atoms in total. The largest absolute Gasteiger partial charge is 0.322 e. The first-order valence-corrected chi connectivity index (χ1v) is 7.16. The van der Waals surface area contributed by atoms with Gasteiger partial charge in [0.15, 0.2) is 0 Å². The first-order chi connectivity index (χ1) is 8.11. The summed E-state index contributed by atoms with van der Waals surface area (Å²) >= 11 is 5.15. The molecule has 0 amide bonds. The summed E-state index contributed by atoms with van der Waals surface area (Å²) in [6.45, 7) is 4.89. The second kappa shape index (κ2) is 5.29. The number of nitrogens with two attached hydrogens (primary N) is 1. The van der Waals surface area contributed by atoms with Gasteiger partial charge in [0.1, 0.15) is 0 Å². The summed E-state index contributed by atoms with van der Waals surface area (Å²) in [7, 11) is 0. The fraction of sp³-hybridized carbons (Fsp3) is 0.455. The van der Waals surface area contributed by atoms with Crippen molar-refractivity contribution in [2.24, 2.45) is 5.73 Å². The number of aryl methyl sites for hydroxylation is 2. The lowest BCUT2D eigenvalue weighted by molar-refractivity contribution is 0.564. The lowest BCUT2D eigenvalue weighted by Gasteiger charge is -2.13. The number of thiazole rings is 1. The zero-order valence-electron chi connectivity index (χ0n) is 9.85. The summed E-state index contributed by atoms with van der Waals surface area (Å²) < 4.78 is 2.90. The molecule has 0 saturated carbocycles. The standard InChI is InChI=1S/C11H15BrN4S/c1-3-16-11(9(12)5-14-16)10(13)4-8-6-17-7(2)15-8/h5-6,10H,3-4,13H2,1-2H3. The van der Waals surface area contributed by atoms with Crippen LogP contribution in [0, 0.1) is 6.92 Å². The van der Waals surface area contributed by atoms with Crippen LogP contribution >= 0.6 is 27.3 Å². The Morgan fingerprint density at radius 1 is 1.59 bits per heavy atom. The van der Waals surface area contributed by atoms with Crippen LogP contribution in [0.4, 0.5) is 0 Å². The van der Waals surface area contributed by atoms with Crippen LogP contribution in [0.3, 0.4) is 0 Å². The Balaban J connectivity index is 2.19. The molecule has 92 valence electrons. The number of aromatic nitrogens is 3. The topological polar surface area (TPSA) is 56.7 Å². The van der Waals surface area contributed by atoms with E-state index in [0.29, 0.717) is 0 Å². The first kappa shape index (κ1) is 12.7. The van der Waals surface area contributed by atoms with Crippen molar-refractivity contribution in [3.63, 3.8) is 0 Å². The van der Waals surface area contributed by atoms with Gasteiger partial charge < -0.3 is 5.73 Å². The highest BCUT2D eigenvalue weighted by Gasteiger charge is 2.17. The van der Waals surface area contributed by atoms with Crippen LogP contribution in [-0.4, -0.2) is 14.8 Å². The number of rotatable bonds is 4. The maximum Gasteiger partial charge on any atom is 0.0897 e. The maximum absolute atomic E-state index is 6.23. The first-order valence-electron chi connectivity index (χ1n) is 5.49. The molecule has 17 heavy (non-hydrogen) atoms. The van der Waals surface area contributed by atoms with E-state index in [1.165, 1.54) is 0 Å². The highest BCUT2D eigenvalue weighted by atomic mass is 79.9. The molecular formula is C11H15BrN4S. The SMILES string of the molecule is CCn1ncc(Br)c1C(N)Cc1csc(C)n1. The summed E-state index contributed by atoms with van der Waals surface area (Å²) in [6.07, 6.45) is 2.54. The van der Waals surface area contributed by atoms with Gasteiger partial charge in [-0.1, -0.05) is 0 Å². The molecule has 2 rings (SSSR count). The van der Waals surface area contributed by atoms with Gasteiger partial charge in [-0.25, -0.2) is 4.98 Å². The van der Waals surface area contributed by atoms with Gasteiger partial charge in [-0.05, 0) is 29.8 Å². The summed E-state index contributed by atoms with van der Waals surface area (Å²) in [4.78, 5) is 4.44. The van der Waals surface area contributed by atoms with Crippen molar-refractivity contribution in [1.29, 1.82) is 0 Å². The van der Waals surface area contributed by atoms with Gasteiger partial charge in [-0.2, -0.15) is 5.10 Å². The minimum atomic E-state index is -0.0756. The Morgan fingerprint density at radius 2 is 2.35 bits per heavy atom. The molecule has 2 heterocycles. The van der Waals surface area contributed by atoms with Crippen LogP contribution in [-0.2, 0) is 13.0 Å². The highest BCUT2D eigenvalue weighted by molar-refractivity contribution is 9.10. The molecule has 0 saturated heterocycles. The van der Waals surface area contributed by atoms with Crippen molar-refractivity contribution in [3.8, 4) is 0 Å². The quantitative estimate of drug-likeness (QED) is 0.944. The van der Waals surface area contributed by atoms with Crippen molar-refractivity contribution in [1.82, 2.24) is 14.8 Å². The average Bonchev–Trinajstić information content (AvgIpc) is 2.84. The van der Waals surface area contributed by atoms with E-state index in [-0.39, 0.29) is 6.04 Å². The Morgan fingerprint density at radius 3 is 2.94 bits per heavy atom. The molecule has 0 bridgehead atoms. The van der Waals surface area contributed by atoms with Crippen LogP contribution in [0.25, 0.3) is 0 Å². The summed E-state index contributed by atoms with van der Waals surface area (Å²) in [6, 6.07) is -0.0756. The van der Waals surface area contributed by atoms with E-state index in [4.69, 9.17) is 5.73 Å². The maximum atomic E-state index is 6.23. The molecule has 1 unspecified atom stereocenters. The molecule has 2 aromatic heterocycles. The minimum Gasteiger partial charge on any atom is -0.322 e. The molecule has 0 aromatic carbocycles. The van der Waals surface area contributed by atoms with E-state index >= 15 is 0 Å². The van der Waals surface area contributed by atoms with Crippen LogP contribution in [0.15, 0.2) is 16.0 Å². The van der Waals surface area contributed by atoms with Crippen molar-refractivity contribution in [3.05, 3.63) is 32.4 Å². The predicted molar refractivity (Wildman–Crippen MR) is 73.1 cm³/mol. The molecule has 0 aliphatic heterocycles. The van der Waals surface area contributed by atoms with Gasteiger partial charge in [-0.3, -0.25) is 4.68 Å². The van der Waals surface area contributed by atoms with Crippen LogP contribution in [0.5, 0.6) is 0 Å². The molecule has 6 heteroatoms. The van der Waals surface area contributed by atoms with E-state index in [1.54, 1.807) is 17.5 Å². The normalized spacial score (nSPS) is 12.9. The fourth-order valence-electron chi connectivity index (χ4n) is 1.82. The molecule has 0 aliphatic rings. The van der Waals surface area contributed by atoms with Crippen molar-refractivity contribution < 1.29 is 0 Å². The van der Waals surface area contributed by atoms with Crippen molar-refractivity contribution >= 4 is 27.3 Å². The van der Waals surface area contributed by atoms with Gasteiger partial charge in [0, 0.05) is 18.3 Å². The molecule has 1 atom stereocenters. The number of hydrogen-bond acceptors (Lipinski definition) is 4. The van der Waals surface area contributed by atoms with Gasteiger partial charge >= 0.3 is 0 Å². The third-order valence-corrected chi connectivity index (χ3v) is 4.01. The fourth-order valence-corrected chi connectivity index (χ4v) is 3.03. The zero-order chi connectivity index (χ0) is 12.4. The molecular weight excluding hydrogens is 300 g/mol. The minimum absolute atomic E-state index is 0.0756. The number of nitrogens with zero attached hydrogens (tertiary/aromatic N) is 3. The van der Waals surface area contributed by atoms with Crippen LogP contribution in [0.1, 0.15) is 29.4 Å². The Kier molecular flexibility index (Phi) is 3.96.